The average Bonchev–Trinajstić information content (AvgIpc) is 2.27. The second-order valence-corrected chi connectivity index (χ2v) is 3.51. The largest absolute Gasteiger partial charge is 0.508 e. The summed E-state index contributed by atoms with van der Waals surface area (Å²) >= 11 is 0. The van der Waals surface area contributed by atoms with Crippen molar-refractivity contribution in [2.75, 3.05) is 14.2 Å². The smallest absolute Gasteiger partial charge is 0.309 e. The van der Waals surface area contributed by atoms with Crippen molar-refractivity contribution in [3.63, 3.8) is 0 Å². The second kappa shape index (κ2) is 5.89. The van der Waals surface area contributed by atoms with Gasteiger partial charge in [0.2, 0.25) is 0 Å². The van der Waals surface area contributed by atoms with Crippen molar-refractivity contribution in [1.29, 1.82) is 0 Å². The number of carbonyl (C=O) groups excluding carboxylic acids is 2. The van der Waals surface area contributed by atoms with Gasteiger partial charge in [0.1, 0.15) is 5.75 Å². The van der Waals surface area contributed by atoms with Crippen LogP contribution >= 0.6 is 0 Å². The van der Waals surface area contributed by atoms with E-state index in [0.717, 1.165) is 0 Å². The van der Waals surface area contributed by atoms with E-state index in [1.807, 2.05) is 0 Å². The summed E-state index contributed by atoms with van der Waals surface area (Å²) in [6.45, 7) is 0. The SMILES string of the molecule is COC(=O)Cc1cc(O)cc(CC(=O)OC)c1. The highest BCUT2D eigenvalue weighted by Gasteiger charge is 2.08. The number of rotatable bonds is 4. The highest BCUT2D eigenvalue weighted by atomic mass is 16.5. The van der Waals surface area contributed by atoms with Gasteiger partial charge < -0.3 is 14.6 Å². The van der Waals surface area contributed by atoms with Crippen LogP contribution in [-0.2, 0) is 31.9 Å². The molecule has 1 N–H and O–H groups in total. The molecule has 17 heavy (non-hydrogen) atoms. The highest BCUT2D eigenvalue weighted by molar-refractivity contribution is 5.74. The van der Waals surface area contributed by atoms with Crippen molar-refractivity contribution in [2.24, 2.45) is 0 Å². The molecule has 0 saturated carbocycles. The van der Waals surface area contributed by atoms with E-state index in [-0.39, 0.29) is 18.6 Å². The van der Waals surface area contributed by atoms with Crippen molar-refractivity contribution < 1.29 is 24.2 Å². The Morgan fingerprint density at radius 3 is 1.76 bits per heavy atom. The molecule has 5 nitrogen and oxygen atoms in total. The van der Waals surface area contributed by atoms with Gasteiger partial charge in [0.05, 0.1) is 27.1 Å². The van der Waals surface area contributed by atoms with Crippen molar-refractivity contribution >= 4 is 11.9 Å². The molecule has 0 aliphatic rings. The monoisotopic (exact) mass is 238 g/mol. The molecule has 0 amide bonds. The second-order valence-electron chi connectivity index (χ2n) is 3.51. The summed E-state index contributed by atoms with van der Waals surface area (Å²) in [5.74, 6) is -0.801. The maximum Gasteiger partial charge on any atom is 0.309 e. The third-order valence-corrected chi connectivity index (χ3v) is 2.19. The zero-order valence-corrected chi connectivity index (χ0v) is 9.73. The molecule has 0 heterocycles. The molecule has 5 heteroatoms. The molecule has 0 unspecified atom stereocenters. The summed E-state index contributed by atoms with van der Waals surface area (Å²) in [5.41, 5.74) is 1.19. The van der Waals surface area contributed by atoms with E-state index in [2.05, 4.69) is 9.47 Å². The van der Waals surface area contributed by atoms with E-state index in [4.69, 9.17) is 0 Å². The minimum absolute atomic E-state index is 0.00491. The summed E-state index contributed by atoms with van der Waals surface area (Å²) in [4.78, 5) is 22.2. The first kappa shape index (κ1) is 13.0. The van der Waals surface area contributed by atoms with Crippen LogP contribution in [0.4, 0.5) is 0 Å². The standard InChI is InChI=1S/C12H14O5/c1-16-11(14)6-8-3-9(5-10(13)4-8)7-12(15)17-2/h3-5,13H,6-7H2,1-2H3. The number of phenolic OH excluding ortho intramolecular Hbond substituents is 1. The van der Waals surface area contributed by atoms with E-state index in [1.165, 1.54) is 26.4 Å². The van der Waals surface area contributed by atoms with Crippen LogP contribution in [0.3, 0.4) is 0 Å². The number of phenols is 1. The van der Waals surface area contributed by atoms with Crippen molar-refractivity contribution in [3.05, 3.63) is 29.3 Å². The van der Waals surface area contributed by atoms with Crippen LogP contribution in [0.15, 0.2) is 18.2 Å². The van der Waals surface area contributed by atoms with Gasteiger partial charge in [0.25, 0.3) is 0 Å². The average molecular weight is 238 g/mol. The number of methoxy groups -OCH3 is 2. The van der Waals surface area contributed by atoms with Gasteiger partial charge in [-0.3, -0.25) is 9.59 Å². The van der Waals surface area contributed by atoms with E-state index in [1.54, 1.807) is 6.07 Å². The molecule has 92 valence electrons. The van der Waals surface area contributed by atoms with E-state index in [9.17, 15) is 14.7 Å². The number of hydrogen-bond donors (Lipinski definition) is 1. The molecule has 0 atom stereocenters. The summed E-state index contributed by atoms with van der Waals surface area (Å²) in [7, 11) is 2.58. The number of benzene rings is 1. The van der Waals surface area contributed by atoms with Gasteiger partial charge in [-0.05, 0) is 23.3 Å². The molecule has 0 fully saturated rings. The number of aromatic hydroxyl groups is 1. The molecule has 0 aliphatic carbocycles. The molecule has 0 aliphatic heterocycles. The topological polar surface area (TPSA) is 72.8 Å². The van der Waals surface area contributed by atoms with E-state index in [0.29, 0.717) is 11.1 Å². The van der Waals surface area contributed by atoms with Crippen molar-refractivity contribution in [2.45, 2.75) is 12.8 Å². The fourth-order valence-corrected chi connectivity index (χ4v) is 1.42. The first-order valence-corrected chi connectivity index (χ1v) is 5.00. The Morgan fingerprint density at radius 2 is 1.41 bits per heavy atom. The van der Waals surface area contributed by atoms with E-state index < -0.39 is 11.9 Å². The lowest BCUT2D eigenvalue weighted by atomic mass is 10.1. The first-order chi connectivity index (χ1) is 8.05. The Labute approximate surface area is 99.0 Å². The number of carbonyl (C=O) groups is 2. The number of ether oxygens (including phenoxy) is 2. The van der Waals surface area contributed by atoms with Gasteiger partial charge in [0, 0.05) is 0 Å². The summed E-state index contributed by atoms with van der Waals surface area (Å²) in [5, 5.41) is 9.46. The number of hydrogen-bond acceptors (Lipinski definition) is 5. The fraction of sp³-hybridized carbons (Fsp3) is 0.333. The minimum Gasteiger partial charge on any atom is -0.508 e. The first-order valence-electron chi connectivity index (χ1n) is 5.00. The molecule has 0 bridgehead atoms. The molecule has 0 saturated heterocycles. The molecule has 0 spiro atoms. The van der Waals surface area contributed by atoms with Crippen LogP contribution < -0.4 is 0 Å². The predicted molar refractivity (Wildman–Crippen MR) is 59.5 cm³/mol. The molecular weight excluding hydrogens is 224 g/mol. The maximum absolute atomic E-state index is 11.1. The molecule has 1 rings (SSSR count). The van der Waals surface area contributed by atoms with Crippen LogP contribution in [0.1, 0.15) is 11.1 Å². The Bertz CT molecular complexity index is 389. The summed E-state index contributed by atoms with van der Waals surface area (Å²) < 4.78 is 9.05. The lowest BCUT2D eigenvalue weighted by Gasteiger charge is -2.05. The van der Waals surface area contributed by atoms with Gasteiger partial charge >= 0.3 is 11.9 Å². The van der Waals surface area contributed by atoms with Crippen molar-refractivity contribution in [3.8, 4) is 5.75 Å². The molecule has 1 aromatic rings. The zero-order chi connectivity index (χ0) is 12.8. The Balaban J connectivity index is 2.86. The third-order valence-electron chi connectivity index (χ3n) is 2.19. The fourth-order valence-electron chi connectivity index (χ4n) is 1.42. The van der Waals surface area contributed by atoms with Crippen LogP contribution in [0.25, 0.3) is 0 Å². The normalized spacial score (nSPS) is 9.76. The van der Waals surface area contributed by atoms with Crippen LogP contribution in [0, 0.1) is 0 Å². The summed E-state index contributed by atoms with van der Waals surface area (Å²) in [6, 6.07) is 4.57. The van der Waals surface area contributed by atoms with Crippen LogP contribution in [0.2, 0.25) is 0 Å². The van der Waals surface area contributed by atoms with Gasteiger partial charge in [-0.15, -0.1) is 0 Å². The molecule has 1 aromatic carbocycles. The van der Waals surface area contributed by atoms with Crippen LogP contribution in [0.5, 0.6) is 5.75 Å². The highest BCUT2D eigenvalue weighted by Crippen LogP contribution is 2.17. The van der Waals surface area contributed by atoms with Crippen molar-refractivity contribution in [1.82, 2.24) is 0 Å². The lowest BCUT2D eigenvalue weighted by Crippen LogP contribution is -2.07. The molecular formula is C12H14O5. The zero-order valence-electron chi connectivity index (χ0n) is 9.73. The molecule has 0 aromatic heterocycles. The Hall–Kier alpha value is -2.04. The maximum atomic E-state index is 11.1. The number of esters is 2. The van der Waals surface area contributed by atoms with Gasteiger partial charge in [-0.25, -0.2) is 0 Å². The Morgan fingerprint density at radius 1 is 1.00 bits per heavy atom. The minimum atomic E-state index is -0.403. The van der Waals surface area contributed by atoms with E-state index >= 15 is 0 Å². The van der Waals surface area contributed by atoms with Gasteiger partial charge in [0.15, 0.2) is 0 Å². The Kier molecular flexibility index (Phi) is 4.51. The predicted octanol–water partition coefficient (Wildman–Crippen LogP) is 0.823. The van der Waals surface area contributed by atoms with Gasteiger partial charge in [-0.1, -0.05) is 6.07 Å². The third kappa shape index (κ3) is 4.14. The molecule has 0 radical (unpaired) electrons. The van der Waals surface area contributed by atoms with Gasteiger partial charge in [-0.2, -0.15) is 0 Å². The summed E-state index contributed by atoms with van der Waals surface area (Å²) in [6.07, 6.45) is 0.109. The van der Waals surface area contributed by atoms with Crippen LogP contribution in [-0.4, -0.2) is 31.3 Å². The lowest BCUT2D eigenvalue weighted by molar-refractivity contribution is -0.140. The quantitative estimate of drug-likeness (QED) is 0.786.